The topological polar surface area (TPSA) is 164 Å². The van der Waals surface area contributed by atoms with E-state index in [-0.39, 0.29) is 11.1 Å². The summed E-state index contributed by atoms with van der Waals surface area (Å²) in [5, 5.41) is 24.4. The summed E-state index contributed by atoms with van der Waals surface area (Å²) in [5.74, 6) is -3.37. The van der Waals surface area contributed by atoms with E-state index in [2.05, 4.69) is 20.6 Å². The van der Waals surface area contributed by atoms with Crippen LogP contribution in [0, 0.1) is 0 Å². The lowest BCUT2D eigenvalue weighted by Gasteiger charge is -2.08. The van der Waals surface area contributed by atoms with Crippen LogP contribution in [0.3, 0.4) is 0 Å². The maximum absolute atomic E-state index is 12.2. The number of hydrogen-bond donors (Lipinski definition) is 6. The number of carboxylic acids is 2. The van der Waals surface area contributed by atoms with Gasteiger partial charge in [0.2, 0.25) is 11.8 Å². The van der Waals surface area contributed by atoms with E-state index in [0.29, 0.717) is 33.2 Å². The van der Waals surface area contributed by atoms with Crippen molar-refractivity contribution in [3.63, 3.8) is 0 Å². The molecular weight excluding hydrogens is 404 g/mol. The molecule has 0 fully saturated rings. The number of amides is 2. The molecule has 10 nitrogen and oxygen atoms in total. The third kappa shape index (κ3) is 3.94. The zero-order chi connectivity index (χ0) is 22.1. The highest BCUT2D eigenvalue weighted by atomic mass is 16.4. The van der Waals surface area contributed by atoms with Gasteiger partial charge in [-0.3, -0.25) is 9.59 Å². The van der Waals surface area contributed by atoms with Crippen molar-refractivity contribution >= 4 is 56.9 Å². The number of fused-ring (bicyclic) bond motifs is 2. The molecule has 2 heterocycles. The molecule has 2 aromatic carbocycles. The Morgan fingerprint density at radius 2 is 1.13 bits per heavy atom. The Balaban J connectivity index is 1.43. The van der Waals surface area contributed by atoms with Crippen molar-refractivity contribution < 1.29 is 29.4 Å². The number of benzene rings is 2. The molecule has 0 aliphatic carbocycles. The third-order valence-electron chi connectivity index (χ3n) is 4.71. The van der Waals surface area contributed by atoms with E-state index >= 15 is 0 Å². The van der Waals surface area contributed by atoms with Crippen molar-refractivity contribution in [2.75, 3.05) is 10.6 Å². The van der Waals surface area contributed by atoms with Crippen LogP contribution in [0.15, 0.2) is 48.8 Å². The first-order valence-corrected chi connectivity index (χ1v) is 9.10. The van der Waals surface area contributed by atoms with E-state index in [1.165, 1.54) is 24.5 Å². The SMILES string of the molecule is O=C(CC(=O)Nc1ccc2[nH]cc(C(=O)O)c2c1)Nc1ccc2[nH]cc(C(=O)O)c2c1. The van der Waals surface area contributed by atoms with Gasteiger partial charge in [-0.15, -0.1) is 0 Å². The molecule has 0 unspecified atom stereocenters. The van der Waals surface area contributed by atoms with Crippen LogP contribution in [-0.2, 0) is 9.59 Å². The van der Waals surface area contributed by atoms with Gasteiger partial charge < -0.3 is 30.8 Å². The van der Waals surface area contributed by atoms with Crippen LogP contribution >= 0.6 is 0 Å². The first-order valence-electron chi connectivity index (χ1n) is 9.10. The number of aromatic amines is 2. The van der Waals surface area contributed by atoms with E-state index in [9.17, 15) is 29.4 Å². The van der Waals surface area contributed by atoms with Crippen LogP contribution < -0.4 is 10.6 Å². The fourth-order valence-corrected chi connectivity index (χ4v) is 3.31. The molecule has 0 saturated heterocycles. The fraction of sp³-hybridized carbons (Fsp3) is 0.0476. The maximum atomic E-state index is 12.2. The lowest BCUT2D eigenvalue weighted by Crippen LogP contribution is -2.21. The summed E-state index contributed by atoms with van der Waals surface area (Å²) in [7, 11) is 0. The van der Waals surface area contributed by atoms with Gasteiger partial charge in [0.1, 0.15) is 6.42 Å². The first kappa shape index (κ1) is 19.7. The average molecular weight is 420 g/mol. The number of aromatic nitrogens is 2. The lowest BCUT2D eigenvalue weighted by molar-refractivity contribution is -0.123. The lowest BCUT2D eigenvalue weighted by atomic mass is 10.1. The Kier molecular flexibility index (Phi) is 4.88. The van der Waals surface area contributed by atoms with Gasteiger partial charge in [-0.1, -0.05) is 0 Å². The van der Waals surface area contributed by atoms with Crippen molar-refractivity contribution in [1.29, 1.82) is 0 Å². The second-order valence-electron chi connectivity index (χ2n) is 6.81. The van der Waals surface area contributed by atoms with Crippen molar-refractivity contribution in [1.82, 2.24) is 9.97 Å². The van der Waals surface area contributed by atoms with Gasteiger partial charge in [-0.25, -0.2) is 9.59 Å². The highest BCUT2D eigenvalue weighted by Crippen LogP contribution is 2.24. The summed E-state index contributed by atoms with van der Waals surface area (Å²) in [6, 6.07) is 9.46. The van der Waals surface area contributed by atoms with E-state index < -0.39 is 30.2 Å². The average Bonchev–Trinajstić information content (AvgIpc) is 3.31. The second-order valence-corrected chi connectivity index (χ2v) is 6.81. The van der Waals surface area contributed by atoms with E-state index in [1.54, 1.807) is 24.3 Å². The standard InChI is InChI=1S/C21H16N4O6/c26-18(24-10-1-3-16-12(5-10)14(8-22-16)20(28)29)7-19(27)25-11-2-4-17-13(6-11)15(9-23-17)21(30)31/h1-6,8-9,22-23H,7H2,(H,24,26)(H,25,27)(H,28,29)(H,30,31). The Morgan fingerprint density at radius 1 is 0.710 bits per heavy atom. The largest absolute Gasteiger partial charge is 0.478 e. The van der Waals surface area contributed by atoms with Crippen LogP contribution in [-0.4, -0.2) is 43.9 Å². The minimum Gasteiger partial charge on any atom is -0.478 e. The molecule has 0 aliphatic heterocycles. The molecule has 4 rings (SSSR count). The predicted octanol–water partition coefficient (Wildman–Crippen LogP) is 3.01. The number of carbonyl (C=O) groups excluding carboxylic acids is 2. The molecule has 2 amide bonds. The number of carbonyl (C=O) groups is 4. The summed E-state index contributed by atoms with van der Waals surface area (Å²) >= 11 is 0. The summed E-state index contributed by atoms with van der Waals surface area (Å²) < 4.78 is 0. The number of nitrogens with one attached hydrogen (secondary N) is 4. The Bertz CT molecular complexity index is 1260. The molecule has 0 aliphatic rings. The van der Waals surface area contributed by atoms with Crippen LogP contribution in [0.5, 0.6) is 0 Å². The van der Waals surface area contributed by atoms with E-state index in [0.717, 1.165) is 0 Å². The fourth-order valence-electron chi connectivity index (χ4n) is 3.31. The Labute approximate surface area is 173 Å². The van der Waals surface area contributed by atoms with Crippen LogP contribution in [0.4, 0.5) is 11.4 Å². The van der Waals surface area contributed by atoms with Crippen LogP contribution in [0.25, 0.3) is 21.8 Å². The number of anilines is 2. The van der Waals surface area contributed by atoms with Gasteiger partial charge in [0.25, 0.3) is 0 Å². The number of hydrogen-bond acceptors (Lipinski definition) is 4. The number of carboxylic acid groups (broad SMARTS) is 2. The number of rotatable bonds is 6. The molecule has 0 atom stereocenters. The zero-order valence-corrected chi connectivity index (χ0v) is 15.9. The smallest absolute Gasteiger partial charge is 0.337 e. The molecule has 31 heavy (non-hydrogen) atoms. The molecule has 2 aromatic heterocycles. The number of aromatic carboxylic acids is 2. The zero-order valence-electron chi connectivity index (χ0n) is 15.9. The van der Waals surface area contributed by atoms with Crippen molar-refractivity contribution in [3.05, 3.63) is 59.9 Å². The maximum Gasteiger partial charge on any atom is 0.337 e. The predicted molar refractivity (Wildman–Crippen MR) is 112 cm³/mol. The van der Waals surface area contributed by atoms with Gasteiger partial charge >= 0.3 is 11.9 Å². The summed E-state index contributed by atoms with van der Waals surface area (Å²) in [6.45, 7) is 0. The molecule has 0 bridgehead atoms. The second kappa shape index (κ2) is 7.67. The Hall–Kier alpha value is -4.60. The summed E-state index contributed by atoms with van der Waals surface area (Å²) in [5.41, 5.74) is 2.07. The third-order valence-corrected chi connectivity index (χ3v) is 4.71. The molecule has 10 heteroatoms. The minimum atomic E-state index is -1.10. The molecule has 0 spiro atoms. The van der Waals surface area contributed by atoms with Crippen molar-refractivity contribution in [3.8, 4) is 0 Å². The van der Waals surface area contributed by atoms with Crippen LogP contribution in [0.1, 0.15) is 27.1 Å². The molecule has 0 radical (unpaired) electrons. The monoisotopic (exact) mass is 420 g/mol. The van der Waals surface area contributed by atoms with Gasteiger partial charge in [0.05, 0.1) is 11.1 Å². The van der Waals surface area contributed by atoms with E-state index in [1.807, 2.05) is 0 Å². The van der Waals surface area contributed by atoms with E-state index in [4.69, 9.17) is 0 Å². The van der Waals surface area contributed by atoms with Crippen LogP contribution in [0.2, 0.25) is 0 Å². The highest BCUT2D eigenvalue weighted by Gasteiger charge is 2.15. The quantitative estimate of drug-likeness (QED) is 0.262. The Morgan fingerprint density at radius 3 is 1.52 bits per heavy atom. The van der Waals surface area contributed by atoms with Crippen molar-refractivity contribution in [2.45, 2.75) is 6.42 Å². The minimum absolute atomic E-state index is 0.0738. The molecular formula is C21H16N4O6. The van der Waals surface area contributed by atoms with Gasteiger partial charge in [0, 0.05) is 45.6 Å². The highest BCUT2D eigenvalue weighted by molar-refractivity contribution is 6.10. The summed E-state index contributed by atoms with van der Waals surface area (Å²) in [6.07, 6.45) is 2.25. The normalized spacial score (nSPS) is 10.8. The van der Waals surface area contributed by atoms with Gasteiger partial charge in [0.15, 0.2) is 0 Å². The van der Waals surface area contributed by atoms with Crippen molar-refractivity contribution in [2.24, 2.45) is 0 Å². The van der Waals surface area contributed by atoms with Gasteiger partial charge in [-0.05, 0) is 36.4 Å². The molecule has 4 aromatic rings. The molecule has 6 N–H and O–H groups in total. The molecule has 0 saturated carbocycles. The number of H-pyrrole nitrogens is 2. The van der Waals surface area contributed by atoms with Gasteiger partial charge in [-0.2, -0.15) is 0 Å². The molecule has 156 valence electrons. The summed E-state index contributed by atoms with van der Waals surface area (Å²) in [4.78, 5) is 52.7. The first-order chi connectivity index (χ1) is 14.8.